The van der Waals surface area contributed by atoms with E-state index in [1.165, 1.54) is 0 Å². The Morgan fingerprint density at radius 3 is 2.28 bits per heavy atom. The van der Waals surface area contributed by atoms with Gasteiger partial charge >= 0.3 is 0 Å². The van der Waals surface area contributed by atoms with Gasteiger partial charge in [0.2, 0.25) is 0 Å². The van der Waals surface area contributed by atoms with E-state index in [9.17, 15) is 4.79 Å². The smallest absolute Gasteiger partial charge is 0.277 e. The highest BCUT2D eigenvalue weighted by atomic mass is 79.9. The number of rotatable bonds is 3. The summed E-state index contributed by atoms with van der Waals surface area (Å²) in [5.74, 6) is -0.0687. The molecule has 1 heterocycles. The van der Waals surface area contributed by atoms with Gasteiger partial charge in [0, 0.05) is 10.0 Å². The van der Waals surface area contributed by atoms with Gasteiger partial charge in [0.1, 0.15) is 5.71 Å². The fourth-order valence-electron chi connectivity index (χ4n) is 2.95. The molecule has 122 valence electrons. The van der Waals surface area contributed by atoms with Gasteiger partial charge in [-0.05, 0) is 35.9 Å². The molecular weight excluding hydrogens is 376 g/mol. The number of halogens is 1. The fraction of sp³-hybridized carbons (Fsp3) is 0.0476. The standard InChI is InChI=1S/C21H15BrN2O/c22-16-11-12-19-18(13-16)20(23-17-9-5-2-6-10-17)21(25)24(19)14-15-7-3-1-4-8-15/h1-13H,14H2. The third kappa shape index (κ3) is 3.13. The maximum absolute atomic E-state index is 13.1. The van der Waals surface area contributed by atoms with Crippen molar-refractivity contribution in [2.24, 2.45) is 4.99 Å². The average Bonchev–Trinajstić information content (AvgIpc) is 2.89. The summed E-state index contributed by atoms with van der Waals surface area (Å²) in [4.78, 5) is 19.5. The first kappa shape index (κ1) is 15.8. The molecule has 0 radical (unpaired) electrons. The molecule has 3 aromatic carbocycles. The Balaban J connectivity index is 1.79. The van der Waals surface area contributed by atoms with Crippen molar-refractivity contribution < 1.29 is 4.79 Å². The van der Waals surface area contributed by atoms with Crippen molar-refractivity contribution in [2.75, 3.05) is 4.90 Å². The molecule has 1 aliphatic rings. The molecule has 0 fully saturated rings. The Hall–Kier alpha value is -2.72. The minimum absolute atomic E-state index is 0.0687. The molecule has 1 aliphatic heterocycles. The van der Waals surface area contributed by atoms with Crippen LogP contribution in [0.15, 0.2) is 88.3 Å². The number of anilines is 1. The molecule has 1 amide bonds. The highest BCUT2D eigenvalue weighted by Gasteiger charge is 2.34. The zero-order valence-electron chi connectivity index (χ0n) is 13.4. The van der Waals surface area contributed by atoms with E-state index >= 15 is 0 Å². The molecule has 3 nitrogen and oxygen atoms in total. The molecule has 3 aromatic rings. The summed E-state index contributed by atoms with van der Waals surface area (Å²) in [5.41, 5.74) is 4.10. The van der Waals surface area contributed by atoms with Gasteiger partial charge in [0.25, 0.3) is 5.91 Å². The first-order chi connectivity index (χ1) is 12.2. The maximum atomic E-state index is 13.1. The molecule has 0 atom stereocenters. The number of benzene rings is 3. The van der Waals surface area contributed by atoms with Crippen LogP contribution in [0.25, 0.3) is 0 Å². The van der Waals surface area contributed by atoms with Gasteiger partial charge in [-0.3, -0.25) is 4.79 Å². The number of fused-ring (bicyclic) bond motifs is 1. The van der Waals surface area contributed by atoms with Gasteiger partial charge in [0.15, 0.2) is 0 Å². The number of aliphatic imine (C=N–C) groups is 1. The minimum Gasteiger partial charge on any atom is -0.302 e. The number of hydrogen-bond donors (Lipinski definition) is 0. The lowest BCUT2D eigenvalue weighted by molar-refractivity contribution is -0.112. The van der Waals surface area contributed by atoms with Crippen molar-refractivity contribution in [3.63, 3.8) is 0 Å². The van der Waals surface area contributed by atoms with Gasteiger partial charge in [-0.2, -0.15) is 0 Å². The Morgan fingerprint density at radius 2 is 1.56 bits per heavy atom. The minimum atomic E-state index is -0.0687. The molecule has 0 N–H and O–H groups in total. The molecule has 4 rings (SSSR count). The van der Waals surface area contributed by atoms with Gasteiger partial charge in [0.05, 0.1) is 17.9 Å². The van der Waals surface area contributed by atoms with E-state index in [2.05, 4.69) is 20.9 Å². The molecule has 0 saturated heterocycles. The van der Waals surface area contributed by atoms with Gasteiger partial charge in [-0.15, -0.1) is 0 Å². The summed E-state index contributed by atoms with van der Waals surface area (Å²) in [7, 11) is 0. The van der Waals surface area contributed by atoms with E-state index in [1.807, 2.05) is 78.9 Å². The summed E-state index contributed by atoms with van der Waals surface area (Å²) in [6, 6.07) is 25.4. The second-order valence-corrected chi connectivity index (χ2v) is 6.75. The predicted octanol–water partition coefficient (Wildman–Crippen LogP) is 5.12. The number of hydrogen-bond acceptors (Lipinski definition) is 2. The van der Waals surface area contributed by atoms with Crippen LogP contribution in [0.3, 0.4) is 0 Å². The number of nitrogens with zero attached hydrogens (tertiary/aromatic N) is 2. The molecule has 0 aromatic heterocycles. The predicted molar refractivity (Wildman–Crippen MR) is 104 cm³/mol. The zero-order valence-corrected chi connectivity index (χ0v) is 15.0. The van der Waals surface area contributed by atoms with Crippen LogP contribution >= 0.6 is 15.9 Å². The van der Waals surface area contributed by atoms with Crippen LogP contribution < -0.4 is 4.90 Å². The van der Waals surface area contributed by atoms with Crippen LogP contribution in [0.5, 0.6) is 0 Å². The van der Waals surface area contributed by atoms with Crippen molar-refractivity contribution in [1.82, 2.24) is 0 Å². The normalized spacial score (nSPS) is 14.8. The van der Waals surface area contributed by atoms with Crippen LogP contribution in [0.1, 0.15) is 11.1 Å². The molecule has 0 aliphatic carbocycles. The molecule has 0 bridgehead atoms. The Morgan fingerprint density at radius 1 is 0.880 bits per heavy atom. The number of carbonyl (C=O) groups excluding carboxylic acids is 1. The Bertz CT molecular complexity index is 952. The second-order valence-electron chi connectivity index (χ2n) is 5.83. The number of para-hydroxylation sites is 1. The van der Waals surface area contributed by atoms with Crippen LogP contribution in [-0.2, 0) is 11.3 Å². The van der Waals surface area contributed by atoms with Crippen molar-refractivity contribution in [3.05, 3.63) is 94.5 Å². The monoisotopic (exact) mass is 390 g/mol. The average molecular weight is 391 g/mol. The van der Waals surface area contributed by atoms with E-state index in [0.717, 1.165) is 27.0 Å². The van der Waals surface area contributed by atoms with Crippen molar-refractivity contribution in [2.45, 2.75) is 6.54 Å². The van der Waals surface area contributed by atoms with E-state index in [4.69, 9.17) is 0 Å². The van der Waals surface area contributed by atoms with E-state index < -0.39 is 0 Å². The topological polar surface area (TPSA) is 32.7 Å². The molecule has 0 spiro atoms. The lowest BCUT2D eigenvalue weighted by atomic mass is 10.1. The first-order valence-corrected chi connectivity index (χ1v) is 8.81. The SMILES string of the molecule is O=C1C(=Nc2ccccc2)c2cc(Br)ccc2N1Cc1ccccc1. The van der Waals surface area contributed by atoms with Crippen LogP contribution in [-0.4, -0.2) is 11.6 Å². The lowest BCUT2D eigenvalue weighted by Crippen LogP contribution is -2.29. The largest absolute Gasteiger partial charge is 0.302 e. The fourth-order valence-corrected chi connectivity index (χ4v) is 3.31. The number of carbonyl (C=O) groups is 1. The molecular formula is C21H15BrN2O. The van der Waals surface area contributed by atoms with Crippen LogP contribution in [0.2, 0.25) is 0 Å². The quantitative estimate of drug-likeness (QED) is 0.610. The van der Waals surface area contributed by atoms with Gasteiger partial charge < -0.3 is 4.90 Å². The summed E-state index contributed by atoms with van der Waals surface area (Å²) in [5, 5.41) is 0. The lowest BCUT2D eigenvalue weighted by Gasteiger charge is -2.16. The van der Waals surface area contributed by atoms with Gasteiger partial charge in [-0.1, -0.05) is 64.5 Å². The summed E-state index contributed by atoms with van der Waals surface area (Å²) < 4.78 is 0.932. The van der Waals surface area contributed by atoms with Gasteiger partial charge in [-0.25, -0.2) is 4.99 Å². The summed E-state index contributed by atoms with van der Waals surface area (Å²) in [6.07, 6.45) is 0. The van der Waals surface area contributed by atoms with E-state index in [-0.39, 0.29) is 5.91 Å². The van der Waals surface area contributed by atoms with Crippen LogP contribution in [0, 0.1) is 0 Å². The second kappa shape index (κ2) is 6.65. The van der Waals surface area contributed by atoms with Crippen molar-refractivity contribution in [3.8, 4) is 0 Å². The third-order valence-electron chi connectivity index (χ3n) is 4.13. The molecule has 25 heavy (non-hydrogen) atoms. The van der Waals surface area contributed by atoms with Crippen molar-refractivity contribution >= 4 is 38.9 Å². The Kier molecular flexibility index (Phi) is 4.20. The summed E-state index contributed by atoms with van der Waals surface area (Å²) in [6.45, 7) is 0.530. The van der Waals surface area contributed by atoms with E-state index in [1.54, 1.807) is 4.90 Å². The third-order valence-corrected chi connectivity index (χ3v) is 4.63. The Labute approximate surface area is 154 Å². The number of amides is 1. The molecule has 0 saturated carbocycles. The molecule has 4 heteroatoms. The highest BCUT2D eigenvalue weighted by molar-refractivity contribution is 9.10. The van der Waals surface area contributed by atoms with E-state index in [0.29, 0.717) is 12.3 Å². The maximum Gasteiger partial charge on any atom is 0.277 e. The zero-order chi connectivity index (χ0) is 17.2. The van der Waals surface area contributed by atoms with Crippen LogP contribution in [0.4, 0.5) is 11.4 Å². The first-order valence-electron chi connectivity index (χ1n) is 8.02. The highest BCUT2D eigenvalue weighted by Crippen LogP contribution is 2.34. The summed E-state index contributed by atoms with van der Waals surface area (Å²) >= 11 is 3.50. The molecule has 0 unspecified atom stereocenters. The van der Waals surface area contributed by atoms with Crippen molar-refractivity contribution in [1.29, 1.82) is 0 Å².